The van der Waals surface area contributed by atoms with Crippen molar-refractivity contribution in [2.45, 2.75) is 19.3 Å². The van der Waals surface area contributed by atoms with Gasteiger partial charge in [0.25, 0.3) is 0 Å². The second-order valence-corrected chi connectivity index (χ2v) is 5.57. The smallest absolute Gasteiger partial charge is 0.222 e. The number of hydrogen-bond donors (Lipinski definition) is 1. The number of carbonyl (C=O) groups is 1. The third kappa shape index (κ3) is 3.50. The number of benzene rings is 1. The van der Waals surface area contributed by atoms with Crippen LogP contribution in [0, 0.1) is 5.82 Å². The molecule has 0 saturated carbocycles. The number of rotatable bonds is 4. The molecule has 1 saturated heterocycles. The second kappa shape index (κ2) is 6.96. The van der Waals surface area contributed by atoms with Crippen molar-refractivity contribution in [1.82, 2.24) is 10.2 Å². The van der Waals surface area contributed by atoms with E-state index in [0.717, 1.165) is 26.2 Å². The fourth-order valence-electron chi connectivity index (χ4n) is 2.80. The Morgan fingerprint density at radius 3 is 2.59 bits per heavy atom. The average molecular weight is 308 g/mol. The summed E-state index contributed by atoms with van der Waals surface area (Å²) in [5.41, 5.74) is 0.581. The molecule has 0 bridgehead atoms. The van der Waals surface area contributed by atoms with Gasteiger partial charge in [0, 0.05) is 38.7 Å². The Balaban J connectivity index is 1.54. The first kappa shape index (κ1) is 15.1. The van der Waals surface area contributed by atoms with Crippen molar-refractivity contribution in [3.8, 4) is 11.5 Å². The van der Waals surface area contributed by atoms with E-state index < -0.39 is 0 Å². The van der Waals surface area contributed by atoms with Gasteiger partial charge in [-0.15, -0.1) is 0 Å². The van der Waals surface area contributed by atoms with Crippen molar-refractivity contribution in [2.75, 3.05) is 39.4 Å². The van der Waals surface area contributed by atoms with Crippen molar-refractivity contribution in [2.24, 2.45) is 0 Å². The lowest BCUT2D eigenvalue weighted by atomic mass is 10.1. The number of fused-ring (bicyclic) bond motifs is 1. The number of ether oxygens (including phenoxy) is 2. The molecule has 0 aromatic heterocycles. The monoisotopic (exact) mass is 308 g/mol. The highest BCUT2D eigenvalue weighted by Gasteiger charge is 2.18. The van der Waals surface area contributed by atoms with E-state index in [1.54, 1.807) is 6.07 Å². The maximum absolute atomic E-state index is 14.0. The number of nitrogens with one attached hydrogen (secondary N) is 1. The highest BCUT2D eigenvalue weighted by Crippen LogP contribution is 2.33. The van der Waals surface area contributed by atoms with Crippen LogP contribution in [0.5, 0.6) is 11.5 Å². The molecule has 0 spiro atoms. The molecule has 1 fully saturated rings. The summed E-state index contributed by atoms with van der Waals surface area (Å²) >= 11 is 0. The van der Waals surface area contributed by atoms with Gasteiger partial charge >= 0.3 is 0 Å². The van der Waals surface area contributed by atoms with Crippen molar-refractivity contribution in [3.05, 3.63) is 23.5 Å². The molecule has 6 heteroatoms. The molecule has 2 aliphatic rings. The molecule has 0 atom stereocenters. The lowest BCUT2D eigenvalue weighted by molar-refractivity contribution is -0.131. The van der Waals surface area contributed by atoms with Gasteiger partial charge in [0.05, 0.1) is 0 Å². The number of nitrogens with zero attached hydrogens (tertiary/aromatic N) is 1. The summed E-state index contributed by atoms with van der Waals surface area (Å²) in [5.74, 6) is 0.916. The lowest BCUT2D eigenvalue weighted by Crippen LogP contribution is -2.46. The van der Waals surface area contributed by atoms with E-state index in [4.69, 9.17) is 9.47 Å². The molecule has 5 nitrogen and oxygen atoms in total. The molecule has 3 rings (SSSR count). The summed E-state index contributed by atoms with van der Waals surface area (Å²) in [6, 6.07) is 3.07. The van der Waals surface area contributed by atoms with Crippen LogP contribution in [-0.4, -0.2) is 50.2 Å². The molecule has 2 heterocycles. The highest BCUT2D eigenvalue weighted by atomic mass is 19.1. The topological polar surface area (TPSA) is 50.8 Å². The summed E-state index contributed by atoms with van der Waals surface area (Å²) < 4.78 is 24.8. The van der Waals surface area contributed by atoms with E-state index in [2.05, 4.69) is 5.32 Å². The number of amides is 1. The predicted octanol–water partition coefficient (Wildman–Crippen LogP) is 1.35. The fraction of sp³-hybridized carbons (Fsp3) is 0.562. The van der Waals surface area contributed by atoms with Crippen molar-refractivity contribution < 1.29 is 18.7 Å². The zero-order valence-corrected chi connectivity index (χ0v) is 12.6. The van der Waals surface area contributed by atoms with E-state index in [1.807, 2.05) is 4.90 Å². The summed E-state index contributed by atoms with van der Waals surface area (Å²) in [6.45, 7) is 4.16. The van der Waals surface area contributed by atoms with Crippen LogP contribution in [0.1, 0.15) is 18.4 Å². The van der Waals surface area contributed by atoms with Gasteiger partial charge in [0.1, 0.15) is 19.0 Å². The Bertz CT molecular complexity index is 544. The molecular weight excluding hydrogens is 287 g/mol. The fourth-order valence-corrected chi connectivity index (χ4v) is 2.80. The van der Waals surface area contributed by atoms with Gasteiger partial charge in [-0.25, -0.2) is 4.39 Å². The quantitative estimate of drug-likeness (QED) is 0.912. The molecule has 0 unspecified atom stereocenters. The molecule has 0 radical (unpaired) electrons. The van der Waals surface area contributed by atoms with Gasteiger partial charge in [-0.05, 0) is 24.5 Å². The lowest BCUT2D eigenvalue weighted by Gasteiger charge is -2.27. The first-order valence-electron chi connectivity index (χ1n) is 7.80. The number of piperazine rings is 1. The van der Waals surface area contributed by atoms with Crippen LogP contribution in [0.25, 0.3) is 0 Å². The molecule has 22 heavy (non-hydrogen) atoms. The number of halogens is 1. The van der Waals surface area contributed by atoms with Crippen LogP contribution < -0.4 is 14.8 Å². The first-order chi connectivity index (χ1) is 10.7. The molecule has 120 valence electrons. The van der Waals surface area contributed by atoms with Crippen LogP contribution in [0.15, 0.2) is 12.1 Å². The van der Waals surface area contributed by atoms with Crippen LogP contribution in [0.4, 0.5) is 4.39 Å². The maximum atomic E-state index is 14.0. The Hall–Kier alpha value is -1.82. The minimum absolute atomic E-state index is 0.152. The predicted molar refractivity (Wildman–Crippen MR) is 79.8 cm³/mol. The Morgan fingerprint density at radius 1 is 1.18 bits per heavy atom. The molecule has 2 aliphatic heterocycles. The van der Waals surface area contributed by atoms with Gasteiger partial charge in [-0.1, -0.05) is 0 Å². The zero-order valence-electron chi connectivity index (χ0n) is 12.6. The van der Waals surface area contributed by atoms with Crippen molar-refractivity contribution in [3.63, 3.8) is 0 Å². The first-order valence-corrected chi connectivity index (χ1v) is 7.80. The Labute approximate surface area is 129 Å². The Kier molecular flexibility index (Phi) is 4.77. The second-order valence-electron chi connectivity index (χ2n) is 5.57. The van der Waals surface area contributed by atoms with Crippen molar-refractivity contribution >= 4 is 5.91 Å². The molecular formula is C16H21FN2O3. The molecule has 1 aromatic carbocycles. The summed E-state index contributed by atoms with van der Waals surface area (Å²) in [4.78, 5) is 13.9. The van der Waals surface area contributed by atoms with E-state index in [9.17, 15) is 9.18 Å². The van der Waals surface area contributed by atoms with Gasteiger partial charge < -0.3 is 19.7 Å². The third-order valence-electron chi connectivity index (χ3n) is 4.02. The average Bonchev–Trinajstić information content (AvgIpc) is 2.56. The van der Waals surface area contributed by atoms with Crippen LogP contribution in [0.2, 0.25) is 0 Å². The Morgan fingerprint density at radius 2 is 1.86 bits per heavy atom. The maximum Gasteiger partial charge on any atom is 0.222 e. The van der Waals surface area contributed by atoms with E-state index in [0.29, 0.717) is 49.5 Å². The zero-order chi connectivity index (χ0) is 15.4. The third-order valence-corrected chi connectivity index (χ3v) is 4.02. The van der Waals surface area contributed by atoms with Crippen LogP contribution in [-0.2, 0) is 11.2 Å². The van der Waals surface area contributed by atoms with Gasteiger partial charge in [-0.3, -0.25) is 4.79 Å². The van der Waals surface area contributed by atoms with Crippen LogP contribution >= 0.6 is 0 Å². The highest BCUT2D eigenvalue weighted by molar-refractivity contribution is 5.76. The van der Waals surface area contributed by atoms with Crippen molar-refractivity contribution in [1.29, 1.82) is 0 Å². The largest absolute Gasteiger partial charge is 0.486 e. The van der Waals surface area contributed by atoms with Gasteiger partial charge in [0.15, 0.2) is 11.5 Å². The SMILES string of the molecule is O=C(CCCc1cc2c(cc1F)OCCO2)N1CCNCC1. The standard InChI is InChI=1S/C16H21FN2O3/c17-13-11-15-14(21-8-9-22-15)10-12(13)2-1-3-16(20)19-6-4-18-5-7-19/h10-11,18H,1-9H2. The molecule has 1 amide bonds. The van der Waals surface area contributed by atoms with Gasteiger partial charge in [-0.2, -0.15) is 0 Å². The van der Waals surface area contributed by atoms with E-state index >= 15 is 0 Å². The normalized spacial score (nSPS) is 17.4. The van der Waals surface area contributed by atoms with E-state index in [1.165, 1.54) is 6.07 Å². The minimum Gasteiger partial charge on any atom is -0.486 e. The number of aryl methyl sites for hydroxylation is 1. The number of hydrogen-bond acceptors (Lipinski definition) is 4. The molecule has 0 aliphatic carbocycles. The number of carbonyl (C=O) groups excluding carboxylic acids is 1. The minimum atomic E-state index is -0.293. The van der Waals surface area contributed by atoms with Crippen LogP contribution in [0.3, 0.4) is 0 Å². The summed E-state index contributed by atoms with van der Waals surface area (Å²) in [7, 11) is 0. The summed E-state index contributed by atoms with van der Waals surface area (Å²) in [6.07, 6.45) is 1.62. The van der Waals surface area contributed by atoms with E-state index in [-0.39, 0.29) is 11.7 Å². The molecule has 1 N–H and O–H groups in total. The summed E-state index contributed by atoms with van der Waals surface area (Å²) in [5, 5.41) is 3.22. The molecule has 1 aromatic rings. The van der Waals surface area contributed by atoms with Gasteiger partial charge in [0.2, 0.25) is 5.91 Å².